The summed E-state index contributed by atoms with van der Waals surface area (Å²) in [5.41, 5.74) is 6.40. The summed E-state index contributed by atoms with van der Waals surface area (Å²) in [6.07, 6.45) is -4.28. The van der Waals surface area contributed by atoms with Gasteiger partial charge in [0.2, 0.25) is 0 Å². The number of alkyl halides is 3. The van der Waals surface area contributed by atoms with Gasteiger partial charge in [0.15, 0.2) is 0 Å². The van der Waals surface area contributed by atoms with Crippen LogP contribution in [0.5, 0.6) is 0 Å². The molecule has 1 atom stereocenters. The van der Waals surface area contributed by atoms with Gasteiger partial charge in [-0.25, -0.2) is 0 Å². The van der Waals surface area contributed by atoms with Crippen LogP contribution in [-0.2, 0) is 6.18 Å². The van der Waals surface area contributed by atoms with E-state index in [1.54, 1.807) is 12.1 Å². The molecule has 118 valence electrons. The molecule has 0 nitrogen and oxygen atoms in total. The standard InChI is InChI=1S/C19H21F3/c1-11-10-12(2)14(4)18(13(11)3)15(5)16-6-8-17(9-7-16)19(20,21)22/h6-10,15H,1-5H3. The molecule has 0 radical (unpaired) electrons. The van der Waals surface area contributed by atoms with Crippen LogP contribution < -0.4 is 0 Å². The van der Waals surface area contributed by atoms with Crippen molar-refractivity contribution in [3.63, 3.8) is 0 Å². The molecule has 1 unspecified atom stereocenters. The minimum atomic E-state index is -4.28. The summed E-state index contributed by atoms with van der Waals surface area (Å²) in [4.78, 5) is 0. The molecule has 0 N–H and O–H groups in total. The minimum absolute atomic E-state index is 0.0703. The van der Waals surface area contributed by atoms with Crippen molar-refractivity contribution < 1.29 is 13.2 Å². The molecule has 0 heterocycles. The molecule has 2 rings (SSSR count). The van der Waals surface area contributed by atoms with Crippen molar-refractivity contribution in [3.05, 3.63) is 69.3 Å². The molecule has 22 heavy (non-hydrogen) atoms. The maximum atomic E-state index is 12.7. The second-order valence-electron chi connectivity index (χ2n) is 6.02. The van der Waals surface area contributed by atoms with Crippen molar-refractivity contribution in [2.24, 2.45) is 0 Å². The van der Waals surface area contributed by atoms with Crippen molar-refractivity contribution in [1.29, 1.82) is 0 Å². The Labute approximate surface area is 130 Å². The number of hydrogen-bond donors (Lipinski definition) is 0. The van der Waals surface area contributed by atoms with E-state index in [1.165, 1.54) is 39.9 Å². The summed E-state index contributed by atoms with van der Waals surface area (Å²) >= 11 is 0. The molecular weight excluding hydrogens is 285 g/mol. The van der Waals surface area contributed by atoms with Gasteiger partial charge in [-0.2, -0.15) is 13.2 Å². The van der Waals surface area contributed by atoms with Gasteiger partial charge in [0, 0.05) is 5.92 Å². The average molecular weight is 306 g/mol. The monoisotopic (exact) mass is 306 g/mol. The summed E-state index contributed by atoms with van der Waals surface area (Å²) in [7, 11) is 0. The first kappa shape index (κ1) is 16.6. The topological polar surface area (TPSA) is 0 Å². The Morgan fingerprint density at radius 2 is 1.27 bits per heavy atom. The Morgan fingerprint density at radius 3 is 1.68 bits per heavy atom. The van der Waals surface area contributed by atoms with E-state index in [1.807, 2.05) is 0 Å². The summed E-state index contributed by atoms with van der Waals surface area (Å²) in [6, 6.07) is 7.67. The number of aryl methyl sites for hydroxylation is 2. The number of halogens is 3. The predicted octanol–water partition coefficient (Wildman–Crippen LogP) is 6.09. The van der Waals surface area contributed by atoms with Gasteiger partial charge >= 0.3 is 6.18 Å². The summed E-state index contributed by atoms with van der Waals surface area (Å²) in [5.74, 6) is 0.0703. The SMILES string of the molecule is Cc1cc(C)c(C)c(C(C)c2ccc(C(F)(F)F)cc2)c1C. The molecule has 2 aromatic carbocycles. The third-order valence-corrected chi connectivity index (χ3v) is 4.60. The maximum absolute atomic E-state index is 12.7. The Kier molecular flexibility index (Phi) is 4.37. The molecule has 0 aliphatic heterocycles. The molecule has 0 fully saturated rings. The fourth-order valence-electron chi connectivity index (χ4n) is 3.02. The normalized spacial score (nSPS) is 13.3. The molecule has 3 heteroatoms. The molecule has 0 saturated carbocycles. The van der Waals surface area contributed by atoms with E-state index in [4.69, 9.17) is 0 Å². The van der Waals surface area contributed by atoms with Crippen molar-refractivity contribution in [2.75, 3.05) is 0 Å². The van der Waals surface area contributed by atoms with Crippen molar-refractivity contribution >= 4 is 0 Å². The molecule has 0 spiro atoms. The fourth-order valence-corrected chi connectivity index (χ4v) is 3.02. The van der Waals surface area contributed by atoms with Gasteiger partial charge in [-0.1, -0.05) is 25.1 Å². The fraction of sp³-hybridized carbons (Fsp3) is 0.368. The van der Waals surface area contributed by atoms with Gasteiger partial charge in [0.05, 0.1) is 5.56 Å². The second kappa shape index (κ2) is 5.79. The van der Waals surface area contributed by atoms with E-state index < -0.39 is 11.7 Å². The van der Waals surface area contributed by atoms with Crippen LogP contribution in [0.2, 0.25) is 0 Å². The Hall–Kier alpha value is -1.77. The highest BCUT2D eigenvalue weighted by Gasteiger charge is 2.30. The zero-order valence-electron chi connectivity index (χ0n) is 13.6. The highest BCUT2D eigenvalue weighted by atomic mass is 19.4. The largest absolute Gasteiger partial charge is 0.416 e. The summed E-state index contributed by atoms with van der Waals surface area (Å²) < 4.78 is 38.0. The van der Waals surface area contributed by atoms with Gasteiger partial charge in [0.25, 0.3) is 0 Å². The van der Waals surface area contributed by atoms with Crippen LogP contribution in [0.15, 0.2) is 30.3 Å². The minimum Gasteiger partial charge on any atom is -0.166 e. The maximum Gasteiger partial charge on any atom is 0.416 e. The molecule has 0 aliphatic carbocycles. The first-order valence-electron chi connectivity index (χ1n) is 7.37. The Balaban J connectivity index is 2.47. The molecule has 0 aliphatic rings. The molecule has 0 bridgehead atoms. The summed E-state index contributed by atoms with van der Waals surface area (Å²) in [5, 5.41) is 0. The van der Waals surface area contributed by atoms with E-state index >= 15 is 0 Å². The molecule has 0 aromatic heterocycles. The van der Waals surface area contributed by atoms with E-state index in [2.05, 4.69) is 40.7 Å². The molecule has 2 aromatic rings. The highest BCUT2D eigenvalue weighted by Crippen LogP contribution is 2.35. The van der Waals surface area contributed by atoms with Crippen molar-refractivity contribution in [3.8, 4) is 0 Å². The lowest BCUT2D eigenvalue weighted by Crippen LogP contribution is -2.07. The van der Waals surface area contributed by atoms with E-state index in [0.717, 1.165) is 5.56 Å². The van der Waals surface area contributed by atoms with Gasteiger partial charge in [-0.15, -0.1) is 0 Å². The number of rotatable bonds is 2. The zero-order valence-corrected chi connectivity index (χ0v) is 13.6. The van der Waals surface area contributed by atoms with Crippen LogP contribution in [-0.4, -0.2) is 0 Å². The number of benzene rings is 2. The lowest BCUT2D eigenvalue weighted by Gasteiger charge is -2.22. The first-order valence-corrected chi connectivity index (χ1v) is 7.37. The van der Waals surface area contributed by atoms with Crippen LogP contribution in [0, 0.1) is 27.7 Å². The van der Waals surface area contributed by atoms with Crippen LogP contribution >= 0.6 is 0 Å². The summed E-state index contributed by atoms with van der Waals surface area (Å²) in [6.45, 7) is 10.4. The van der Waals surface area contributed by atoms with E-state index in [9.17, 15) is 13.2 Å². The van der Waals surface area contributed by atoms with E-state index in [-0.39, 0.29) is 5.92 Å². The van der Waals surface area contributed by atoms with Crippen LogP contribution in [0.1, 0.15) is 51.8 Å². The van der Waals surface area contributed by atoms with Gasteiger partial charge in [-0.05, 0) is 73.2 Å². The van der Waals surface area contributed by atoms with E-state index in [0.29, 0.717) is 0 Å². The predicted molar refractivity (Wildman–Crippen MR) is 84.4 cm³/mol. The molecule has 0 amide bonds. The lowest BCUT2D eigenvalue weighted by molar-refractivity contribution is -0.137. The van der Waals surface area contributed by atoms with Crippen LogP contribution in [0.25, 0.3) is 0 Å². The average Bonchev–Trinajstić information content (AvgIpc) is 2.44. The highest BCUT2D eigenvalue weighted by molar-refractivity contribution is 5.49. The number of hydrogen-bond acceptors (Lipinski definition) is 0. The van der Waals surface area contributed by atoms with Gasteiger partial charge < -0.3 is 0 Å². The third kappa shape index (κ3) is 3.03. The van der Waals surface area contributed by atoms with Gasteiger partial charge in [-0.3, -0.25) is 0 Å². The van der Waals surface area contributed by atoms with Crippen LogP contribution in [0.3, 0.4) is 0 Å². The Bertz CT molecular complexity index is 653. The molecule has 0 saturated heterocycles. The van der Waals surface area contributed by atoms with Gasteiger partial charge in [0.1, 0.15) is 0 Å². The molecular formula is C19H21F3. The second-order valence-corrected chi connectivity index (χ2v) is 6.02. The lowest BCUT2D eigenvalue weighted by atomic mass is 9.83. The van der Waals surface area contributed by atoms with Crippen molar-refractivity contribution in [2.45, 2.75) is 46.7 Å². The Morgan fingerprint density at radius 1 is 0.818 bits per heavy atom. The quantitative estimate of drug-likeness (QED) is 0.629. The third-order valence-electron chi connectivity index (χ3n) is 4.60. The van der Waals surface area contributed by atoms with Crippen molar-refractivity contribution in [1.82, 2.24) is 0 Å². The first-order chi connectivity index (χ1) is 10.1. The zero-order chi connectivity index (χ0) is 16.7. The van der Waals surface area contributed by atoms with Crippen LogP contribution in [0.4, 0.5) is 13.2 Å². The smallest absolute Gasteiger partial charge is 0.166 e.